The Hall–Kier alpha value is -2.93. The smallest absolute Gasteiger partial charge is 0.308 e. The van der Waals surface area contributed by atoms with Crippen LogP contribution in [0.3, 0.4) is 0 Å². The lowest BCUT2D eigenvalue weighted by Crippen LogP contribution is -2.30. The molecule has 7 heteroatoms. The summed E-state index contributed by atoms with van der Waals surface area (Å²) >= 11 is 3.43. The van der Waals surface area contributed by atoms with Gasteiger partial charge in [0.05, 0.1) is 11.6 Å². The molecule has 162 valence electrons. The fraction of sp³-hybridized carbons (Fsp3) is 0.292. The van der Waals surface area contributed by atoms with Gasteiger partial charge in [-0.3, -0.25) is 14.4 Å². The Morgan fingerprint density at radius 3 is 2.42 bits per heavy atom. The van der Waals surface area contributed by atoms with E-state index in [1.807, 2.05) is 13.8 Å². The summed E-state index contributed by atoms with van der Waals surface area (Å²) in [6.07, 6.45) is 1.58. The quantitative estimate of drug-likeness (QED) is 0.206. The summed E-state index contributed by atoms with van der Waals surface area (Å²) in [5.41, 5.74) is 2.08. The van der Waals surface area contributed by atoms with Crippen LogP contribution in [0.4, 0.5) is 0 Å². The monoisotopic (exact) mass is 485 g/mol. The molecule has 0 aromatic heterocycles. The van der Waals surface area contributed by atoms with Crippen LogP contribution in [0.2, 0.25) is 0 Å². The number of aryl methyl sites for hydroxylation is 1. The third kappa shape index (κ3) is 4.71. The number of hydrogen-bond donors (Lipinski definition) is 1. The largest absolute Gasteiger partial charge is 0.507 e. The SMILES string of the molecule is CCCCN1C(=O)C(=O)/C(=C(\O)c2ccc(Br)c(C)c2)C1c1ccc(OC(C)=O)cc1. The number of unbranched alkanes of at least 4 members (excludes halogenated alkanes) is 1. The number of esters is 1. The highest BCUT2D eigenvalue weighted by atomic mass is 79.9. The van der Waals surface area contributed by atoms with Gasteiger partial charge < -0.3 is 14.7 Å². The topological polar surface area (TPSA) is 83.9 Å². The maximum absolute atomic E-state index is 13.0. The van der Waals surface area contributed by atoms with Crippen LogP contribution in [-0.2, 0) is 14.4 Å². The molecule has 1 amide bonds. The number of rotatable bonds is 6. The first-order valence-electron chi connectivity index (χ1n) is 10.1. The van der Waals surface area contributed by atoms with Crippen molar-refractivity contribution in [3.8, 4) is 5.75 Å². The molecule has 1 N–H and O–H groups in total. The Morgan fingerprint density at radius 2 is 1.84 bits per heavy atom. The summed E-state index contributed by atoms with van der Waals surface area (Å²) in [4.78, 5) is 38.5. The van der Waals surface area contributed by atoms with Crippen molar-refractivity contribution < 1.29 is 24.2 Å². The van der Waals surface area contributed by atoms with E-state index < -0.39 is 23.7 Å². The van der Waals surface area contributed by atoms with Crippen molar-refractivity contribution in [2.75, 3.05) is 6.54 Å². The van der Waals surface area contributed by atoms with Crippen LogP contribution < -0.4 is 4.74 Å². The summed E-state index contributed by atoms with van der Waals surface area (Å²) < 4.78 is 5.96. The lowest BCUT2D eigenvalue weighted by Gasteiger charge is -2.25. The highest BCUT2D eigenvalue weighted by Crippen LogP contribution is 2.40. The number of ketones is 1. The Labute approximate surface area is 189 Å². The van der Waals surface area contributed by atoms with Crippen LogP contribution in [0.1, 0.15) is 49.4 Å². The second-order valence-electron chi connectivity index (χ2n) is 7.47. The van der Waals surface area contributed by atoms with Gasteiger partial charge in [0, 0.05) is 23.5 Å². The van der Waals surface area contributed by atoms with E-state index in [-0.39, 0.29) is 11.3 Å². The number of carbonyl (C=O) groups excluding carboxylic acids is 3. The summed E-state index contributed by atoms with van der Waals surface area (Å²) in [5, 5.41) is 11.1. The number of likely N-dealkylation sites (tertiary alicyclic amines) is 1. The minimum absolute atomic E-state index is 0.0584. The second kappa shape index (κ2) is 9.47. The van der Waals surface area contributed by atoms with Crippen LogP contribution in [0.5, 0.6) is 5.75 Å². The van der Waals surface area contributed by atoms with Gasteiger partial charge in [0.2, 0.25) is 0 Å². The Bertz CT molecular complexity index is 1060. The van der Waals surface area contributed by atoms with E-state index in [1.165, 1.54) is 11.8 Å². The van der Waals surface area contributed by atoms with Crippen LogP contribution in [0.25, 0.3) is 5.76 Å². The lowest BCUT2D eigenvalue weighted by molar-refractivity contribution is -0.139. The van der Waals surface area contributed by atoms with Gasteiger partial charge in [-0.2, -0.15) is 0 Å². The molecular formula is C24H24BrNO5. The third-order valence-corrected chi connectivity index (χ3v) is 6.07. The molecule has 0 radical (unpaired) electrons. The molecule has 0 saturated carbocycles. The van der Waals surface area contributed by atoms with Crippen molar-refractivity contribution in [2.24, 2.45) is 0 Å². The second-order valence-corrected chi connectivity index (χ2v) is 8.33. The maximum atomic E-state index is 13.0. The van der Waals surface area contributed by atoms with Gasteiger partial charge in [-0.05, 0) is 48.7 Å². The average Bonchev–Trinajstić information content (AvgIpc) is 2.98. The van der Waals surface area contributed by atoms with Gasteiger partial charge in [0.25, 0.3) is 11.7 Å². The fourth-order valence-electron chi connectivity index (χ4n) is 3.62. The van der Waals surface area contributed by atoms with E-state index in [2.05, 4.69) is 15.9 Å². The molecule has 1 aliphatic heterocycles. The number of ether oxygens (including phenoxy) is 1. The first kappa shape index (κ1) is 22.7. The van der Waals surface area contributed by atoms with E-state index in [0.717, 1.165) is 22.9 Å². The maximum Gasteiger partial charge on any atom is 0.308 e. The van der Waals surface area contributed by atoms with Crippen LogP contribution in [0, 0.1) is 6.92 Å². The minimum atomic E-state index is -0.720. The highest BCUT2D eigenvalue weighted by Gasteiger charge is 2.45. The van der Waals surface area contributed by atoms with Crippen LogP contribution in [0.15, 0.2) is 52.5 Å². The predicted octanol–water partition coefficient (Wildman–Crippen LogP) is 4.90. The third-order valence-electron chi connectivity index (χ3n) is 5.18. The van der Waals surface area contributed by atoms with Crippen molar-refractivity contribution in [2.45, 2.75) is 39.7 Å². The van der Waals surface area contributed by atoms with Gasteiger partial charge >= 0.3 is 5.97 Å². The summed E-state index contributed by atoms with van der Waals surface area (Å²) in [6, 6.07) is 11.2. The van der Waals surface area contributed by atoms with Gasteiger partial charge in [-0.25, -0.2) is 0 Å². The Balaban J connectivity index is 2.12. The van der Waals surface area contributed by atoms with E-state index in [0.29, 0.717) is 23.4 Å². The van der Waals surface area contributed by atoms with Gasteiger partial charge in [0.1, 0.15) is 11.5 Å². The molecule has 1 unspecified atom stereocenters. The molecule has 1 aliphatic rings. The zero-order chi connectivity index (χ0) is 22.7. The molecule has 0 spiro atoms. The first-order chi connectivity index (χ1) is 14.7. The molecule has 3 rings (SSSR count). The van der Waals surface area contributed by atoms with Crippen molar-refractivity contribution >= 4 is 39.3 Å². The number of aliphatic hydroxyl groups is 1. The van der Waals surface area contributed by atoms with E-state index >= 15 is 0 Å². The Kier molecular flexibility index (Phi) is 6.95. The van der Waals surface area contributed by atoms with Crippen LogP contribution in [-0.4, -0.2) is 34.2 Å². The fourth-order valence-corrected chi connectivity index (χ4v) is 3.86. The normalized spacial score (nSPS) is 17.8. The lowest BCUT2D eigenvalue weighted by atomic mass is 9.94. The minimum Gasteiger partial charge on any atom is -0.507 e. The Morgan fingerprint density at radius 1 is 1.16 bits per heavy atom. The van der Waals surface area contributed by atoms with E-state index in [4.69, 9.17) is 4.74 Å². The molecule has 2 aromatic carbocycles. The van der Waals surface area contributed by atoms with E-state index in [9.17, 15) is 19.5 Å². The molecule has 0 aliphatic carbocycles. The highest BCUT2D eigenvalue weighted by molar-refractivity contribution is 9.10. The number of Topliss-reactive ketones (excluding diaryl/α,β-unsaturated/α-hetero) is 1. The van der Waals surface area contributed by atoms with Gasteiger partial charge in [0.15, 0.2) is 0 Å². The molecule has 6 nitrogen and oxygen atoms in total. The van der Waals surface area contributed by atoms with E-state index in [1.54, 1.807) is 42.5 Å². The average molecular weight is 486 g/mol. The predicted molar refractivity (Wildman–Crippen MR) is 121 cm³/mol. The molecular weight excluding hydrogens is 462 g/mol. The molecule has 1 heterocycles. The van der Waals surface area contributed by atoms with Gasteiger partial charge in [-0.15, -0.1) is 0 Å². The summed E-state index contributed by atoms with van der Waals surface area (Å²) in [6.45, 7) is 5.59. The van der Waals surface area contributed by atoms with Crippen molar-refractivity contribution in [1.82, 2.24) is 4.90 Å². The number of carbonyl (C=O) groups is 3. The zero-order valence-corrected chi connectivity index (χ0v) is 19.2. The van der Waals surface area contributed by atoms with Crippen LogP contribution >= 0.6 is 15.9 Å². The molecule has 0 bridgehead atoms. The molecule has 1 fully saturated rings. The number of benzene rings is 2. The molecule has 1 atom stereocenters. The standard InChI is InChI=1S/C24H24BrNO5/c1-4-5-12-26-21(16-6-9-18(10-7-16)31-15(3)27)20(23(29)24(26)30)22(28)17-8-11-19(25)14(2)13-17/h6-11,13,21,28H,4-5,12H2,1-3H3/b22-20-. The number of aliphatic hydroxyl groups excluding tert-OH is 1. The van der Waals surface area contributed by atoms with Crippen molar-refractivity contribution in [3.63, 3.8) is 0 Å². The molecule has 1 saturated heterocycles. The van der Waals surface area contributed by atoms with Gasteiger partial charge in [-0.1, -0.05) is 47.5 Å². The first-order valence-corrected chi connectivity index (χ1v) is 10.9. The number of amides is 1. The number of hydrogen-bond acceptors (Lipinski definition) is 5. The van der Waals surface area contributed by atoms with Crippen molar-refractivity contribution in [1.29, 1.82) is 0 Å². The molecule has 31 heavy (non-hydrogen) atoms. The summed E-state index contributed by atoms with van der Waals surface area (Å²) in [7, 11) is 0. The zero-order valence-electron chi connectivity index (χ0n) is 17.6. The summed E-state index contributed by atoms with van der Waals surface area (Å²) in [5.74, 6) is -1.61. The van der Waals surface area contributed by atoms with Crippen molar-refractivity contribution in [3.05, 3.63) is 69.2 Å². The number of halogens is 1. The number of nitrogens with zero attached hydrogens (tertiary/aromatic N) is 1. The molecule has 2 aromatic rings.